The van der Waals surface area contributed by atoms with Gasteiger partial charge in [0.2, 0.25) is 0 Å². The van der Waals surface area contributed by atoms with Gasteiger partial charge in [0, 0.05) is 16.2 Å². The van der Waals surface area contributed by atoms with E-state index < -0.39 is 0 Å². The third-order valence-corrected chi connectivity index (χ3v) is 2.29. The van der Waals surface area contributed by atoms with E-state index in [2.05, 4.69) is 20.9 Å². The van der Waals surface area contributed by atoms with Gasteiger partial charge >= 0.3 is 5.97 Å². The van der Waals surface area contributed by atoms with E-state index in [1.54, 1.807) is 19.2 Å². The number of hydrogen-bond donors (Lipinski definition) is 0. The molecule has 0 spiro atoms. The van der Waals surface area contributed by atoms with Crippen LogP contribution in [0.15, 0.2) is 16.7 Å². The lowest BCUT2D eigenvalue weighted by atomic mass is 10.2. The summed E-state index contributed by atoms with van der Waals surface area (Å²) in [7, 11) is 0. The molecule has 1 aromatic heterocycles. The number of nitrogens with zero attached hydrogens (tertiary/aromatic N) is 1. The van der Waals surface area contributed by atoms with Gasteiger partial charge in [0.1, 0.15) is 5.15 Å². The summed E-state index contributed by atoms with van der Waals surface area (Å²) < 4.78 is 5.59. The lowest BCUT2D eigenvalue weighted by Gasteiger charge is -2.03. The molecule has 76 valence electrons. The van der Waals surface area contributed by atoms with Gasteiger partial charge in [-0.1, -0.05) is 11.6 Å². The molecule has 0 amide bonds. The molecule has 1 rings (SSSR count). The Bertz CT molecular complexity index is 344. The number of halogens is 2. The van der Waals surface area contributed by atoms with E-state index in [0.29, 0.717) is 17.3 Å². The number of hydrogen-bond acceptors (Lipinski definition) is 3. The van der Waals surface area contributed by atoms with Crippen LogP contribution in [0.4, 0.5) is 0 Å². The van der Waals surface area contributed by atoms with Crippen LogP contribution in [0.1, 0.15) is 12.5 Å². The van der Waals surface area contributed by atoms with Crippen molar-refractivity contribution in [2.24, 2.45) is 0 Å². The fraction of sp³-hybridized carbons (Fsp3) is 0.333. The highest BCUT2D eigenvalue weighted by atomic mass is 79.9. The van der Waals surface area contributed by atoms with Crippen molar-refractivity contribution >= 4 is 33.5 Å². The average molecular weight is 279 g/mol. The van der Waals surface area contributed by atoms with Crippen LogP contribution in [0.5, 0.6) is 0 Å². The summed E-state index contributed by atoms with van der Waals surface area (Å²) in [5, 5.41) is 0.334. The van der Waals surface area contributed by atoms with E-state index in [-0.39, 0.29) is 12.4 Å². The highest BCUT2D eigenvalue weighted by molar-refractivity contribution is 9.10. The summed E-state index contributed by atoms with van der Waals surface area (Å²) in [5.74, 6) is -0.297. The van der Waals surface area contributed by atoms with Gasteiger partial charge in [0.05, 0.1) is 13.0 Å². The minimum absolute atomic E-state index is 0.152. The summed E-state index contributed by atoms with van der Waals surface area (Å²) in [5.41, 5.74) is 0.666. The maximum Gasteiger partial charge on any atom is 0.310 e. The Morgan fingerprint density at radius 1 is 1.71 bits per heavy atom. The predicted molar refractivity (Wildman–Crippen MR) is 57.3 cm³/mol. The fourth-order valence-corrected chi connectivity index (χ4v) is 1.50. The largest absolute Gasteiger partial charge is 0.466 e. The van der Waals surface area contributed by atoms with Crippen LogP contribution in [-0.2, 0) is 16.0 Å². The Morgan fingerprint density at radius 3 is 3.07 bits per heavy atom. The van der Waals surface area contributed by atoms with Crippen molar-refractivity contribution in [2.45, 2.75) is 13.3 Å². The molecule has 0 aliphatic carbocycles. The molecule has 3 nitrogen and oxygen atoms in total. The van der Waals surface area contributed by atoms with E-state index in [4.69, 9.17) is 16.3 Å². The van der Waals surface area contributed by atoms with Crippen LogP contribution in [0.25, 0.3) is 0 Å². The molecule has 0 aliphatic heterocycles. The van der Waals surface area contributed by atoms with Gasteiger partial charge in [-0.05, 0) is 28.9 Å². The molecule has 0 saturated carbocycles. The number of pyridine rings is 1. The fourth-order valence-electron chi connectivity index (χ4n) is 0.956. The van der Waals surface area contributed by atoms with Crippen molar-refractivity contribution in [1.82, 2.24) is 4.98 Å². The zero-order valence-electron chi connectivity index (χ0n) is 7.59. The van der Waals surface area contributed by atoms with E-state index in [1.165, 1.54) is 0 Å². The smallest absolute Gasteiger partial charge is 0.310 e. The van der Waals surface area contributed by atoms with Crippen molar-refractivity contribution in [3.8, 4) is 0 Å². The standard InChI is InChI=1S/C9H9BrClNO2/c1-2-14-8(13)4-6-3-7(10)5-12-9(6)11/h3,5H,2,4H2,1H3. The number of carbonyl (C=O) groups excluding carboxylic acids is 1. The van der Waals surface area contributed by atoms with E-state index in [0.717, 1.165) is 4.47 Å². The van der Waals surface area contributed by atoms with Gasteiger partial charge in [0.25, 0.3) is 0 Å². The van der Waals surface area contributed by atoms with Crippen molar-refractivity contribution in [3.05, 3.63) is 27.5 Å². The Hall–Kier alpha value is -0.610. The first-order valence-electron chi connectivity index (χ1n) is 4.09. The molecule has 0 aliphatic rings. The molecule has 0 radical (unpaired) electrons. The van der Waals surface area contributed by atoms with Gasteiger partial charge in [0.15, 0.2) is 0 Å². The summed E-state index contributed by atoms with van der Waals surface area (Å²) >= 11 is 9.05. The summed E-state index contributed by atoms with van der Waals surface area (Å²) in [4.78, 5) is 15.1. The van der Waals surface area contributed by atoms with E-state index in [9.17, 15) is 4.79 Å². The summed E-state index contributed by atoms with van der Waals surface area (Å²) in [6.45, 7) is 2.14. The first kappa shape index (κ1) is 11.5. The number of rotatable bonds is 3. The Morgan fingerprint density at radius 2 is 2.43 bits per heavy atom. The van der Waals surface area contributed by atoms with Crippen LogP contribution in [0.2, 0.25) is 5.15 Å². The minimum atomic E-state index is -0.297. The zero-order chi connectivity index (χ0) is 10.6. The topological polar surface area (TPSA) is 39.2 Å². The number of aromatic nitrogens is 1. The van der Waals surface area contributed by atoms with Gasteiger partial charge in [-0.25, -0.2) is 4.98 Å². The van der Waals surface area contributed by atoms with Gasteiger partial charge in [-0.3, -0.25) is 4.79 Å². The summed E-state index contributed by atoms with van der Waals surface area (Å²) in [6, 6.07) is 1.76. The molecule has 0 bridgehead atoms. The van der Waals surface area contributed by atoms with Crippen molar-refractivity contribution < 1.29 is 9.53 Å². The summed E-state index contributed by atoms with van der Waals surface area (Å²) in [6.07, 6.45) is 1.73. The lowest BCUT2D eigenvalue weighted by Crippen LogP contribution is -2.08. The second kappa shape index (κ2) is 5.32. The molecule has 1 aromatic rings. The van der Waals surface area contributed by atoms with E-state index >= 15 is 0 Å². The Balaban J connectivity index is 2.75. The first-order chi connectivity index (χ1) is 6.63. The van der Waals surface area contributed by atoms with E-state index in [1.807, 2.05) is 0 Å². The SMILES string of the molecule is CCOC(=O)Cc1cc(Br)cnc1Cl. The number of esters is 1. The van der Waals surface area contributed by atoms with Crippen LogP contribution in [0, 0.1) is 0 Å². The molecule has 0 aromatic carbocycles. The van der Waals surface area contributed by atoms with Crippen molar-refractivity contribution in [2.75, 3.05) is 6.61 Å². The number of carbonyl (C=O) groups is 1. The van der Waals surface area contributed by atoms with Crippen LogP contribution >= 0.6 is 27.5 Å². The molecule has 0 atom stereocenters. The molecule has 1 heterocycles. The second-order valence-corrected chi connectivity index (χ2v) is 3.86. The molecule has 0 fully saturated rings. The number of ether oxygens (including phenoxy) is 1. The second-order valence-electron chi connectivity index (χ2n) is 2.59. The maximum absolute atomic E-state index is 11.2. The third-order valence-electron chi connectivity index (χ3n) is 1.52. The van der Waals surface area contributed by atoms with Gasteiger partial charge < -0.3 is 4.74 Å². The lowest BCUT2D eigenvalue weighted by molar-refractivity contribution is -0.142. The quantitative estimate of drug-likeness (QED) is 0.630. The third kappa shape index (κ3) is 3.27. The molecule has 5 heteroatoms. The monoisotopic (exact) mass is 277 g/mol. The first-order valence-corrected chi connectivity index (χ1v) is 5.26. The zero-order valence-corrected chi connectivity index (χ0v) is 9.93. The van der Waals surface area contributed by atoms with Gasteiger partial charge in [-0.15, -0.1) is 0 Å². The van der Waals surface area contributed by atoms with Crippen molar-refractivity contribution in [1.29, 1.82) is 0 Å². The Kier molecular flexibility index (Phi) is 4.35. The molecule has 0 unspecified atom stereocenters. The average Bonchev–Trinajstić information content (AvgIpc) is 2.12. The predicted octanol–water partition coefficient (Wildman–Crippen LogP) is 2.60. The Labute approximate surface area is 95.6 Å². The van der Waals surface area contributed by atoms with Crippen LogP contribution in [-0.4, -0.2) is 17.6 Å². The molecule has 0 N–H and O–H groups in total. The maximum atomic E-state index is 11.2. The molecular weight excluding hydrogens is 269 g/mol. The van der Waals surface area contributed by atoms with Crippen molar-refractivity contribution in [3.63, 3.8) is 0 Å². The van der Waals surface area contributed by atoms with Crippen LogP contribution in [0.3, 0.4) is 0 Å². The highest BCUT2D eigenvalue weighted by Crippen LogP contribution is 2.18. The normalized spacial score (nSPS) is 9.93. The molecule has 14 heavy (non-hydrogen) atoms. The van der Waals surface area contributed by atoms with Gasteiger partial charge in [-0.2, -0.15) is 0 Å². The minimum Gasteiger partial charge on any atom is -0.466 e. The molecule has 0 saturated heterocycles. The highest BCUT2D eigenvalue weighted by Gasteiger charge is 2.08. The molecular formula is C9H9BrClNO2. The van der Waals surface area contributed by atoms with Crippen LogP contribution < -0.4 is 0 Å².